The summed E-state index contributed by atoms with van der Waals surface area (Å²) in [6.45, 7) is 2.67. The van der Waals surface area contributed by atoms with Gasteiger partial charge in [-0.3, -0.25) is 4.79 Å². The number of carboxylic acids is 1. The first-order valence-corrected chi connectivity index (χ1v) is 7.20. The highest BCUT2D eigenvalue weighted by Crippen LogP contribution is 2.36. The van der Waals surface area contributed by atoms with E-state index < -0.39 is 17.9 Å². The standard InChI is InChI=1S/C16H21NO3/c1-2-3-11-17-14(18)10-9-13(16(19)20)15(17)12-7-5-4-6-8-12/h4-8,13,15H,2-3,9-11H2,1H3,(H,19,20)/p-1/t13-,15-/m0/s1. The lowest BCUT2D eigenvalue weighted by Gasteiger charge is -2.42. The number of carbonyl (C=O) groups is 2. The molecule has 4 heteroatoms. The average molecular weight is 274 g/mol. The molecule has 2 rings (SSSR count). The number of amides is 1. The first-order chi connectivity index (χ1) is 9.65. The summed E-state index contributed by atoms with van der Waals surface area (Å²) in [4.78, 5) is 25.3. The summed E-state index contributed by atoms with van der Waals surface area (Å²) in [5, 5.41) is 11.4. The van der Waals surface area contributed by atoms with E-state index in [-0.39, 0.29) is 5.91 Å². The Kier molecular flexibility index (Phi) is 4.77. The summed E-state index contributed by atoms with van der Waals surface area (Å²) in [7, 11) is 0. The number of likely N-dealkylation sites (tertiary alicyclic amines) is 1. The fourth-order valence-electron chi connectivity index (χ4n) is 2.85. The number of benzene rings is 1. The molecular formula is C16H20NO3-. The zero-order valence-electron chi connectivity index (χ0n) is 11.7. The second kappa shape index (κ2) is 6.55. The van der Waals surface area contributed by atoms with Gasteiger partial charge >= 0.3 is 0 Å². The summed E-state index contributed by atoms with van der Waals surface area (Å²) < 4.78 is 0. The van der Waals surface area contributed by atoms with Gasteiger partial charge in [0.25, 0.3) is 0 Å². The Morgan fingerprint density at radius 1 is 1.35 bits per heavy atom. The zero-order valence-corrected chi connectivity index (χ0v) is 11.7. The van der Waals surface area contributed by atoms with Crippen LogP contribution in [0.3, 0.4) is 0 Å². The number of rotatable bonds is 5. The highest BCUT2D eigenvalue weighted by atomic mass is 16.4. The number of carboxylic acid groups (broad SMARTS) is 1. The van der Waals surface area contributed by atoms with Crippen LogP contribution in [0, 0.1) is 5.92 Å². The number of aliphatic carboxylic acids is 1. The van der Waals surface area contributed by atoms with Crippen molar-refractivity contribution in [1.29, 1.82) is 0 Å². The fourth-order valence-corrected chi connectivity index (χ4v) is 2.85. The second-order valence-corrected chi connectivity index (χ2v) is 5.26. The van der Waals surface area contributed by atoms with Crippen molar-refractivity contribution >= 4 is 11.9 Å². The summed E-state index contributed by atoms with van der Waals surface area (Å²) in [5.41, 5.74) is 0.880. The molecule has 1 aliphatic rings. The molecule has 4 nitrogen and oxygen atoms in total. The normalized spacial score (nSPS) is 22.9. The van der Waals surface area contributed by atoms with Crippen molar-refractivity contribution in [1.82, 2.24) is 4.90 Å². The predicted molar refractivity (Wildman–Crippen MR) is 73.5 cm³/mol. The van der Waals surface area contributed by atoms with E-state index >= 15 is 0 Å². The lowest BCUT2D eigenvalue weighted by atomic mass is 9.84. The Hall–Kier alpha value is -1.84. The van der Waals surface area contributed by atoms with E-state index in [1.54, 1.807) is 4.90 Å². The van der Waals surface area contributed by atoms with E-state index in [2.05, 4.69) is 6.92 Å². The molecule has 1 aromatic carbocycles. The molecule has 1 aliphatic heterocycles. The minimum absolute atomic E-state index is 0.0461. The van der Waals surface area contributed by atoms with Gasteiger partial charge in [0.15, 0.2) is 0 Å². The van der Waals surface area contributed by atoms with E-state index in [4.69, 9.17) is 0 Å². The van der Waals surface area contributed by atoms with Crippen LogP contribution in [0.2, 0.25) is 0 Å². The lowest BCUT2D eigenvalue weighted by Crippen LogP contribution is -2.49. The number of carbonyl (C=O) groups excluding carboxylic acids is 2. The maximum absolute atomic E-state index is 12.2. The topological polar surface area (TPSA) is 60.4 Å². The monoisotopic (exact) mass is 274 g/mol. The highest BCUT2D eigenvalue weighted by Gasteiger charge is 2.36. The Labute approximate surface area is 119 Å². The van der Waals surface area contributed by atoms with Crippen molar-refractivity contribution in [2.75, 3.05) is 6.54 Å². The van der Waals surface area contributed by atoms with Gasteiger partial charge in [-0.25, -0.2) is 0 Å². The highest BCUT2D eigenvalue weighted by molar-refractivity contribution is 5.81. The van der Waals surface area contributed by atoms with Crippen LogP contribution in [-0.2, 0) is 9.59 Å². The summed E-state index contributed by atoms with van der Waals surface area (Å²) >= 11 is 0. The van der Waals surface area contributed by atoms with Gasteiger partial charge in [0.2, 0.25) is 5.91 Å². The number of nitrogens with zero attached hydrogens (tertiary/aromatic N) is 1. The van der Waals surface area contributed by atoms with Crippen LogP contribution in [0.4, 0.5) is 0 Å². The third kappa shape index (κ3) is 3.00. The molecule has 0 bridgehead atoms. The number of hydrogen-bond donors (Lipinski definition) is 0. The number of piperidine rings is 1. The second-order valence-electron chi connectivity index (χ2n) is 5.26. The van der Waals surface area contributed by atoms with Gasteiger partial charge < -0.3 is 14.8 Å². The molecular weight excluding hydrogens is 254 g/mol. The van der Waals surface area contributed by atoms with Crippen LogP contribution >= 0.6 is 0 Å². The molecule has 0 unspecified atom stereocenters. The van der Waals surface area contributed by atoms with Crippen molar-refractivity contribution in [3.63, 3.8) is 0 Å². The smallest absolute Gasteiger partial charge is 0.223 e. The van der Waals surface area contributed by atoms with E-state index in [1.807, 2.05) is 30.3 Å². The molecule has 0 saturated carbocycles. The predicted octanol–water partition coefficient (Wildman–Crippen LogP) is 1.52. The Morgan fingerprint density at radius 3 is 2.65 bits per heavy atom. The molecule has 0 N–H and O–H groups in total. The summed E-state index contributed by atoms with van der Waals surface area (Å²) in [6, 6.07) is 9.01. The third-order valence-corrected chi connectivity index (χ3v) is 3.90. The van der Waals surface area contributed by atoms with Gasteiger partial charge in [0, 0.05) is 24.9 Å². The van der Waals surface area contributed by atoms with E-state index in [1.165, 1.54) is 0 Å². The van der Waals surface area contributed by atoms with Gasteiger partial charge in [-0.15, -0.1) is 0 Å². The van der Waals surface area contributed by atoms with Gasteiger partial charge in [-0.1, -0.05) is 43.7 Å². The van der Waals surface area contributed by atoms with Crippen molar-refractivity contribution < 1.29 is 14.7 Å². The Bertz CT molecular complexity index is 472. The maximum atomic E-state index is 12.2. The third-order valence-electron chi connectivity index (χ3n) is 3.90. The molecule has 1 saturated heterocycles. The molecule has 0 aromatic heterocycles. The van der Waals surface area contributed by atoms with E-state index in [0.717, 1.165) is 18.4 Å². The zero-order chi connectivity index (χ0) is 14.5. The molecule has 1 amide bonds. The van der Waals surface area contributed by atoms with Crippen LogP contribution in [-0.4, -0.2) is 23.3 Å². The van der Waals surface area contributed by atoms with Crippen molar-refractivity contribution in [3.05, 3.63) is 35.9 Å². The maximum Gasteiger partial charge on any atom is 0.223 e. The molecule has 1 heterocycles. The van der Waals surface area contributed by atoms with E-state index in [9.17, 15) is 14.7 Å². The van der Waals surface area contributed by atoms with Crippen LogP contribution in [0.5, 0.6) is 0 Å². The van der Waals surface area contributed by atoms with Gasteiger partial charge in [-0.05, 0) is 18.4 Å². The largest absolute Gasteiger partial charge is 0.550 e. The number of hydrogen-bond acceptors (Lipinski definition) is 3. The molecule has 20 heavy (non-hydrogen) atoms. The molecule has 0 radical (unpaired) electrons. The van der Waals surface area contributed by atoms with Crippen LogP contribution in [0.15, 0.2) is 30.3 Å². The first-order valence-electron chi connectivity index (χ1n) is 7.20. The quantitative estimate of drug-likeness (QED) is 0.818. The van der Waals surface area contributed by atoms with Gasteiger partial charge in [0.1, 0.15) is 0 Å². The molecule has 1 aromatic rings. The minimum Gasteiger partial charge on any atom is -0.550 e. The SMILES string of the molecule is CCCCN1C(=O)CC[C@H](C(=O)[O-])[C@@H]1c1ccccc1. The van der Waals surface area contributed by atoms with Crippen molar-refractivity contribution in [2.45, 2.75) is 38.6 Å². The van der Waals surface area contributed by atoms with Crippen LogP contribution in [0.1, 0.15) is 44.2 Å². The molecule has 0 spiro atoms. The molecule has 2 atom stereocenters. The Balaban J connectivity index is 2.33. The molecule has 108 valence electrons. The van der Waals surface area contributed by atoms with Crippen molar-refractivity contribution in [2.24, 2.45) is 5.92 Å². The first kappa shape index (κ1) is 14.6. The summed E-state index contributed by atoms with van der Waals surface area (Å²) in [5.74, 6) is -1.63. The lowest BCUT2D eigenvalue weighted by molar-refractivity contribution is -0.314. The average Bonchev–Trinajstić information content (AvgIpc) is 2.46. The van der Waals surface area contributed by atoms with Crippen LogP contribution in [0.25, 0.3) is 0 Å². The Morgan fingerprint density at radius 2 is 2.05 bits per heavy atom. The fraction of sp³-hybridized carbons (Fsp3) is 0.500. The number of unbranched alkanes of at least 4 members (excludes halogenated alkanes) is 1. The minimum atomic E-state index is -1.06. The molecule has 0 aliphatic carbocycles. The van der Waals surface area contributed by atoms with Gasteiger partial charge in [-0.2, -0.15) is 0 Å². The van der Waals surface area contributed by atoms with Crippen molar-refractivity contribution in [3.8, 4) is 0 Å². The summed E-state index contributed by atoms with van der Waals surface area (Å²) in [6.07, 6.45) is 2.52. The molecule has 1 fully saturated rings. The van der Waals surface area contributed by atoms with Gasteiger partial charge in [0.05, 0.1) is 6.04 Å². The van der Waals surface area contributed by atoms with Crippen LogP contribution < -0.4 is 5.11 Å². The van der Waals surface area contributed by atoms with E-state index in [0.29, 0.717) is 19.4 Å².